The Labute approximate surface area is 115 Å². The highest BCUT2D eigenvalue weighted by molar-refractivity contribution is 8.13. The van der Waals surface area contributed by atoms with Crippen molar-refractivity contribution in [3.63, 3.8) is 0 Å². The van der Waals surface area contributed by atoms with E-state index in [4.69, 9.17) is 9.05 Å². The summed E-state index contributed by atoms with van der Waals surface area (Å²) in [5.74, 6) is 0. The second kappa shape index (κ2) is 7.53. The zero-order valence-electron chi connectivity index (χ0n) is 12.4. The minimum absolute atomic E-state index is 0.329. The van der Waals surface area contributed by atoms with Gasteiger partial charge in [-0.15, -0.1) is 0 Å². The van der Waals surface area contributed by atoms with Crippen molar-refractivity contribution >= 4 is 24.7 Å². The summed E-state index contributed by atoms with van der Waals surface area (Å²) in [6.45, 7) is 10.1. The van der Waals surface area contributed by atoms with Gasteiger partial charge in [-0.05, 0) is 40.9 Å². The smallest absolute Gasteiger partial charge is 0.292 e. The van der Waals surface area contributed by atoms with Crippen LogP contribution in [0.25, 0.3) is 0 Å². The maximum atomic E-state index is 12.9. The summed E-state index contributed by atoms with van der Waals surface area (Å²) >= 11 is 1.43. The predicted molar refractivity (Wildman–Crippen MR) is 79.3 cm³/mol. The number of aliphatic imine (C=N–C) groups is 1. The highest BCUT2D eigenvalue weighted by Gasteiger charge is 2.42. The van der Waals surface area contributed by atoms with Gasteiger partial charge in [0, 0.05) is 12.6 Å². The average Bonchev–Trinajstić information content (AvgIpc) is 2.24. The fraction of sp³-hybridized carbons (Fsp3) is 0.909. The standard InChI is InChI=1S/C11H25N2O3PS/c1-8-15-17(14,16-9-2)13(11(3,4)5)10(12-6)18-7/h8-9H2,1-7H3. The molecule has 0 saturated heterocycles. The van der Waals surface area contributed by atoms with Crippen molar-refractivity contribution in [3.8, 4) is 0 Å². The predicted octanol–water partition coefficient (Wildman–Crippen LogP) is 3.62. The van der Waals surface area contributed by atoms with Crippen molar-refractivity contribution < 1.29 is 13.6 Å². The summed E-state index contributed by atoms with van der Waals surface area (Å²) in [6.07, 6.45) is 1.89. The van der Waals surface area contributed by atoms with Crippen molar-refractivity contribution in [2.75, 3.05) is 26.5 Å². The first-order valence-corrected chi connectivity index (χ1v) is 8.69. The molecule has 0 aromatic carbocycles. The van der Waals surface area contributed by atoms with Crippen LogP contribution in [0.5, 0.6) is 0 Å². The maximum absolute atomic E-state index is 12.9. The molecule has 0 N–H and O–H groups in total. The SMILES string of the molecule is CCOP(=O)(OCC)N(C(=NC)SC)C(C)(C)C. The van der Waals surface area contributed by atoms with Gasteiger partial charge in [0.05, 0.1) is 13.2 Å². The van der Waals surface area contributed by atoms with Crippen molar-refractivity contribution in [2.45, 2.75) is 40.2 Å². The summed E-state index contributed by atoms with van der Waals surface area (Å²) in [6, 6.07) is 0. The van der Waals surface area contributed by atoms with Gasteiger partial charge < -0.3 is 0 Å². The Balaban J connectivity index is 5.59. The molecular weight excluding hydrogens is 271 g/mol. The average molecular weight is 296 g/mol. The van der Waals surface area contributed by atoms with Crippen molar-refractivity contribution in [3.05, 3.63) is 0 Å². The lowest BCUT2D eigenvalue weighted by Crippen LogP contribution is -2.42. The van der Waals surface area contributed by atoms with E-state index >= 15 is 0 Å². The van der Waals surface area contributed by atoms with Crippen LogP contribution >= 0.6 is 19.5 Å². The highest BCUT2D eigenvalue weighted by Crippen LogP contribution is 2.56. The number of hydrogen-bond donors (Lipinski definition) is 0. The summed E-state index contributed by atoms with van der Waals surface area (Å²) in [7, 11) is -1.69. The van der Waals surface area contributed by atoms with Gasteiger partial charge in [-0.1, -0.05) is 11.8 Å². The maximum Gasteiger partial charge on any atom is 0.437 e. The highest BCUT2D eigenvalue weighted by atomic mass is 32.2. The van der Waals surface area contributed by atoms with Crippen LogP contribution in [0.15, 0.2) is 4.99 Å². The zero-order valence-corrected chi connectivity index (χ0v) is 14.1. The molecule has 0 spiro atoms. The van der Waals surface area contributed by atoms with Crippen molar-refractivity contribution in [2.24, 2.45) is 4.99 Å². The van der Waals surface area contributed by atoms with Gasteiger partial charge in [-0.3, -0.25) is 18.7 Å². The molecular formula is C11H25N2O3PS. The van der Waals surface area contributed by atoms with Crippen LogP contribution in [-0.4, -0.2) is 41.9 Å². The molecule has 7 heteroatoms. The van der Waals surface area contributed by atoms with Gasteiger partial charge >= 0.3 is 7.75 Å². The molecule has 108 valence electrons. The topological polar surface area (TPSA) is 51.1 Å². The quantitative estimate of drug-likeness (QED) is 0.440. The van der Waals surface area contributed by atoms with E-state index in [1.54, 1.807) is 25.6 Å². The van der Waals surface area contributed by atoms with Crippen molar-refractivity contribution in [1.82, 2.24) is 4.67 Å². The van der Waals surface area contributed by atoms with Crippen LogP contribution in [-0.2, 0) is 13.6 Å². The van der Waals surface area contributed by atoms with E-state index in [9.17, 15) is 4.57 Å². The van der Waals surface area contributed by atoms with E-state index in [1.807, 2.05) is 27.0 Å². The third-order valence-electron chi connectivity index (χ3n) is 2.02. The molecule has 0 saturated carbocycles. The Morgan fingerprint density at radius 2 is 1.72 bits per heavy atom. The van der Waals surface area contributed by atoms with E-state index in [-0.39, 0.29) is 0 Å². The van der Waals surface area contributed by atoms with Crippen LogP contribution in [0.2, 0.25) is 0 Å². The van der Waals surface area contributed by atoms with E-state index in [0.29, 0.717) is 18.4 Å². The Kier molecular flexibility index (Phi) is 7.52. The van der Waals surface area contributed by atoms with E-state index in [0.717, 1.165) is 0 Å². The van der Waals surface area contributed by atoms with Gasteiger partial charge in [-0.25, -0.2) is 4.57 Å². The number of amidine groups is 1. The molecule has 0 rings (SSSR count). The Morgan fingerprint density at radius 3 is 1.94 bits per heavy atom. The molecule has 18 heavy (non-hydrogen) atoms. The Bertz CT molecular complexity index is 319. The molecule has 0 amide bonds. The summed E-state index contributed by atoms with van der Waals surface area (Å²) < 4.78 is 25.4. The molecule has 0 bridgehead atoms. The monoisotopic (exact) mass is 296 g/mol. The minimum atomic E-state index is -3.36. The fourth-order valence-corrected chi connectivity index (χ4v) is 4.68. The number of hydrogen-bond acceptors (Lipinski definition) is 5. The Morgan fingerprint density at radius 1 is 1.28 bits per heavy atom. The molecule has 0 heterocycles. The summed E-state index contributed by atoms with van der Waals surface area (Å²) in [5, 5.41) is 0.646. The second-order valence-electron chi connectivity index (χ2n) is 4.50. The number of rotatable bonds is 5. The van der Waals surface area contributed by atoms with Crippen LogP contribution < -0.4 is 0 Å². The first-order valence-electron chi connectivity index (χ1n) is 5.97. The van der Waals surface area contributed by atoms with Crippen molar-refractivity contribution in [1.29, 1.82) is 0 Å². The normalized spacial score (nSPS) is 13.8. The summed E-state index contributed by atoms with van der Waals surface area (Å²) in [4.78, 5) is 4.18. The lowest BCUT2D eigenvalue weighted by molar-refractivity contribution is 0.163. The molecule has 5 nitrogen and oxygen atoms in total. The fourth-order valence-electron chi connectivity index (χ4n) is 1.51. The molecule has 0 aromatic heterocycles. The van der Waals surface area contributed by atoms with Crippen LogP contribution in [0.1, 0.15) is 34.6 Å². The molecule has 0 aromatic rings. The van der Waals surface area contributed by atoms with Crippen LogP contribution in [0.3, 0.4) is 0 Å². The van der Waals surface area contributed by atoms with E-state index < -0.39 is 13.3 Å². The molecule has 0 atom stereocenters. The third-order valence-corrected chi connectivity index (χ3v) is 5.33. The number of thioether (sulfide) groups is 1. The van der Waals surface area contributed by atoms with E-state index in [1.165, 1.54) is 11.8 Å². The first kappa shape index (κ1) is 18.0. The molecule has 0 radical (unpaired) electrons. The van der Waals surface area contributed by atoms with E-state index in [2.05, 4.69) is 4.99 Å². The van der Waals surface area contributed by atoms with Gasteiger partial charge in [-0.2, -0.15) is 0 Å². The van der Waals surface area contributed by atoms with Crippen LogP contribution in [0, 0.1) is 0 Å². The largest absolute Gasteiger partial charge is 0.437 e. The van der Waals surface area contributed by atoms with Crippen LogP contribution in [0.4, 0.5) is 0 Å². The number of nitrogens with zero attached hydrogens (tertiary/aromatic N) is 2. The molecule has 0 aliphatic heterocycles. The first-order chi connectivity index (χ1) is 8.26. The second-order valence-corrected chi connectivity index (χ2v) is 7.12. The van der Waals surface area contributed by atoms with Gasteiger partial charge in [0.1, 0.15) is 0 Å². The minimum Gasteiger partial charge on any atom is -0.292 e. The Hall–Kier alpha value is -0.0300. The third kappa shape index (κ3) is 4.57. The molecule has 0 aliphatic rings. The molecule has 0 fully saturated rings. The van der Waals surface area contributed by atoms with Gasteiger partial charge in [0.15, 0.2) is 5.17 Å². The van der Waals surface area contributed by atoms with Gasteiger partial charge in [0.2, 0.25) is 0 Å². The molecule has 0 aliphatic carbocycles. The zero-order chi connectivity index (χ0) is 14.4. The summed E-state index contributed by atoms with van der Waals surface area (Å²) in [5.41, 5.74) is -0.405. The van der Waals surface area contributed by atoms with Gasteiger partial charge in [0.25, 0.3) is 0 Å². The lowest BCUT2D eigenvalue weighted by Gasteiger charge is -2.40. The molecule has 0 unspecified atom stereocenters. The lowest BCUT2D eigenvalue weighted by atomic mass is 10.1.